The number of halogens is 2. The molecule has 1 N–H and O–H groups in total. The van der Waals surface area contributed by atoms with E-state index in [0.29, 0.717) is 76.3 Å². The van der Waals surface area contributed by atoms with Crippen molar-refractivity contribution in [1.29, 1.82) is 0 Å². The second-order valence-corrected chi connectivity index (χ2v) is 15.5. The molecular weight excluding hydrogens is 783 g/mol. The number of aryl methyl sites for hydroxylation is 1. The molecule has 2 heterocycles. The molecule has 0 spiro atoms. The van der Waals surface area contributed by atoms with Crippen LogP contribution in [0.4, 0.5) is 8.78 Å². The summed E-state index contributed by atoms with van der Waals surface area (Å²) in [5, 5.41) is 11.3. The van der Waals surface area contributed by atoms with Crippen LogP contribution in [0, 0.1) is 18.6 Å². The monoisotopic (exact) mass is 824 g/mol. The molecule has 0 aliphatic heterocycles. The van der Waals surface area contributed by atoms with E-state index >= 15 is 0 Å². The SMILES string of the molecule is C=Cc1cccc(COc2ccc(F)c3c(=O)c4ccccc4sc23)c1.CCC(=O)OCCCCOCC(O)COc1cc(C)c(F)c2c(=O)c3ccccc3sc12. The zero-order chi connectivity index (χ0) is 41.2. The predicted octanol–water partition coefficient (Wildman–Crippen LogP) is 10.1. The highest BCUT2D eigenvalue weighted by Gasteiger charge is 2.19. The van der Waals surface area contributed by atoms with Crippen LogP contribution in [-0.4, -0.2) is 43.6 Å². The van der Waals surface area contributed by atoms with Crippen LogP contribution in [0.1, 0.15) is 42.9 Å². The molecule has 1 unspecified atom stereocenters. The quantitative estimate of drug-likeness (QED) is 0.0619. The average Bonchev–Trinajstić information content (AvgIpc) is 3.24. The lowest BCUT2D eigenvalue weighted by molar-refractivity contribution is -0.143. The van der Waals surface area contributed by atoms with Gasteiger partial charge in [-0.1, -0.05) is 62.0 Å². The second kappa shape index (κ2) is 19.8. The predicted molar refractivity (Wildman–Crippen MR) is 230 cm³/mol. The minimum Gasteiger partial charge on any atom is -0.489 e. The molecule has 0 aliphatic rings. The highest BCUT2D eigenvalue weighted by molar-refractivity contribution is 7.25. The van der Waals surface area contributed by atoms with E-state index in [1.54, 1.807) is 56.3 Å². The topological polar surface area (TPSA) is 108 Å². The first-order chi connectivity index (χ1) is 28.1. The van der Waals surface area contributed by atoms with Crippen LogP contribution in [-0.2, 0) is 20.9 Å². The lowest BCUT2D eigenvalue weighted by atomic mass is 10.1. The fourth-order valence-electron chi connectivity index (χ4n) is 6.12. The van der Waals surface area contributed by atoms with Crippen molar-refractivity contribution in [1.82, 2.24) is 0 Å². The molecule has 0 aliphatic carbocycles. The van der Waals surface area contributed by atoms with Crippen molar-refractivity contribution in [2.75, 3.05) is 26.4 Å². The highest BCUT2D eigenvalue weighted by atomic mass is 32.1. The van der Waals surface area contributed by atoms with Crippen molar-refractivity contribution in [2.45, 2.75) is 45.8 Å². The standard InChI is InChI=1S/C24H27FO6S.C22H15FO2S/c1-3-20(27)30-11-7-6-10-29-13-16(26)14-31-18-12-15(2)22(25)21-23(28)17-8-4-5-9-19(17)32-24(18)21;1-2-14-6-5-7-15(12-14)13-25-18-11-10-17(23)20-21(24)16-8-3-4-9-19(16)26-22(18)20/h4-5,8-9,12,16,26H,3,6-7,10-11,13-14H2,1-2H3;2-12H,1,13H2. The number of rotatable bonds is 15. The molecule has 0 amide bonds. The van der Waals surface area contributed by atoms with Gasteiger partial charge in [-0.3, -0.25) is 14.4 Å². The number of ether oxygens (including phenoxy) is 4. The van der Waals surface area contributed by atoms with Crippen LogP contribution in [0.15, 0.2) is 107 Å². The fraction of sp³-hybridized carbons (Fsp3) is 0.239. The van der Waals surface area contributed by atoms with E-state index in [9.17, 15) is 28.3 Å². The van der Waals surface area contributed by atoms with Crippen molar-refractivity contribution in [2.24, 2.45) is 0 Å². The number of hydrogen-bond acceptors (Lipinski definition) is 10. The number of carbonyl (C=O) groups is 1. The van der Waals surface area contributed by atoms with Gasteiger partial charge >= 0.3 is 5.97 Å². The Morgan fingerprint density at radius 3 is 2.14 bits per heavy atom. The van der Waals surface area contributed by atoms with E-state index < -0.39 is 17.7 Å². The van der Waals surface area contributed by atoms with E-state index in [1.807, 2.05) is 48.5 Å². The van der Waals surface area contributed by atoms with Crippen LogP contribution in [0.5, 0.6) is 11.5 Å². The van der Waals surface area contributed by atoms with Crippen LogP contribution in [0.25, 0.3) is 46.4 Å². The number of carbonyl (C=O) groups excluding carboxylic acids is 1. The van der Waals surface area contributed by atoms with Gasteiger partial charge in [0.15, 0.2) is 10.9 Å². The van der Waals surface area contributed by atoms with Gasteiger partial charge < -0.3 is 24.1 Å². The lowest BCUT2D eigenvalue weighted by Crippen LogP contribution is -2.24. The Kier molecular flexibility index (Phi) is 14.3. The van der Waals surface area contributed by atoms with Gasteiger partial charge in [0.05, 0.1) is 33.4 Å². The summed E-state index contributed by atoms with van der Waals surface area (Å²) in [5.74, 6) is -0.414. The first kappa shape index (κ1) is 42.1. The average molecular weight is 825 g/mol. The molecule has 8 nitrogen and oxygen atoms in total. The molecule has 7 rings (SSSR count). The van der Waals surface area contributed by atoms with Crippen molar-refractivity contribution >= 4 is 75.1 Å². The molecule has 0 radical (unpaired) electrons. The first-order valence-corrected chi connectivity index (χ1v) is 20.4. The van der Waals surface area contributed by atoms with Crippen LogP contribution >= 0.6 is 22.7 Å². The summed E-state index contributed by atoms with van der Waals surface area (Å²) in [7, 11) is 0. The van der Waals surface area contributed by atoms with Gasteiger partial charge in [0.1, 0.15) is 42.5 Å². The summed E-state index contributed by atoms with van der Waals surface area (Å²) in [6, 6.07) is 26.6. The maximum absolute atomic E-state index is 14.8. The number of esters is 1. The molecule has 0 saturated heterocycles. The molecule has 1 atom stereocenters. The van der Waals surface area contributed by atoms with Crippen molar-refractivity contribution in [3.8, 4) is 11.5 Å². The van der Waals surface area contributed by atoms with Crippen LogP contribution < -0.4 is 20.3 Å². The molecular formula is C46H42F2O8S2. The van der Waals surface area contributed by atoms with E-state index in [1.165, 1.54) is 28.7 Å². The van der Waals surface area contributed by atoms with Gasteiger partial charge in [-0.15, -0.1) is 22.7 Å². The molecule has 0 fully saturated rings. The van der Waals surface area contributed by atoms with Gasteiger partial charge in [0.25, 0.3) is 0 Å². The molecule has 0 saturated carbocycles. The molecule has 7 aromatic rings. The smallest absolute Gasteiger partial charge is 0.305 e. The Hall–Kier alpha value is -5.53. The minimum atomic E-state index is -0.884. The molecule has 0 bridgehead atoms. The Balaban J connectivity index is 0.000000199. The van der Waals surface area contributed by atoms with Crippen molar-refractivity contribution < 1.29 is 37.6 Å². The van der Waals surface area contributed by atoms with Gasteiger partial charge in [0, 0.05) is 33.2 Å². The third-order valence-electron chi connectivity index (χ3n) is 9.13. The third-order valence-corrected chi connectivity index (χ3v) is 11.5. The number of hydrogen-bond donors (Lipinski definition) is 1. The van der Waals surface area contributed by atoms with E-state index in [-0.39, 0.29) is 40.8 Å². The molecule has 5 aromatic carbocycles. The molecule has 12 heteroatoms. The molecule has 58 heavy (non-hydrogen) atoms. The maximum atomic E-state index is 14.8. The summed E-state index contributed by atoms with van der Waals surface area (Å²) < 4.78 is 53.8. The summed E-state index contributed by atoms with van der Waals surface area (Å²) in [4.78, 5) is 36.6. The minimum absolute atomic E-state index is 0.0122. The second-order valence-electron chi connectivity index (χ2n) is 13.4. The van der Waals surface area contributed by atoms with E-state index in [0.717, 1.165) is 20.5 Å². The largest absolute Gasteiger partial charge is 0.489 e. The number of aliphatic hydroxyl groups is 1. The zero-order valence-corrected chi connectivity index (χ0v) is 33.7. The fourth-order valence-corrected chi connectivity index (χ4v) is 8.41. The van der Waals surface area contributed by atoms with Crippen LogP contribution in [0.3, 0.4) is 0 Å². The van der Waals surface area contributed by atoms with E-state index in [2.05, 4.69) is 6.58 Å². The number of aliphatic hydroxyl groups excluding tert-OH is 1. The lowest BCUT2D eigenvalue weighted by Gasteiger charge is -2.15. The Morgan fingerprint density at radius 1 is 0.793 bits per heavy atom. The van der Waals surface area contributed by atoms with Crippen molar-refractivity contribution in [3.05, 3.63) is 146 Å². The molecule has 2 aromatic heterocycles. The van der Waals surface area contributed by atoms with Crippen molar-refractivity contribution in [3.63, 3.8) is 0 Å². The highest BCUT2D eigenvalue weighted by Crippen LogP contribution is 2.36. The van der Waals surface area contributed by atoms with Gasteiger partial charge in [0.2, 0.25) is 0 Å². The first-order valence-electron chi connectivity index (χ1n) is 18.8. The van der Waals surface area contributed by atoms with Gasteiger partial charge in [-0.2, -0.15) is 0 Å². The summed E-state index contributed by atoms with van der Waals surface area (Å²) in [5.41, 5.74) is 1.63. The maximum Gasteiger partial charge on any atom is 0.305 e. The van der Waals surface area contributed by atoms with E-state index in [4.69, 9.17) is 18.9 Å². The zero-order valence-electron chi connectivity index (χ0n) is 32.1. The summed E-state index contributed by atoms with van der Waals surface area (Å²) in [6.07, 6.45) is 2.64. The Morgan fingerprint density at radius 2 is 1.45 bits per heavy atom. The Labute approximate surface area is 341 Å². The molecule has 300 valence electrons. The summed E-state index contributed by atoms with van der Waals surface area (Å²) >= 11 is 2.65. The number of unbranched alkanes of at least 4 members (excludes halogenated alkanes) is 1. The van der Waals surface area contributed by atoms with Gasteiger partial charge in [-0.25, -0.2) is 8.78 Å². The number of fused-ring (bicyclic) bond motifs is 4. The third kappa shape index (κ3) is 9.94. The number of benzene rings is 5. The van der Waals surface area contributed by atoms with Gasteiger partial charge in [-0.05, 0) is 85.0 Å². The normalized spacial score (nSPS) is 11.7. The summed E-state index contributed by atoms with van der Waals surface area (Å²) in [6.45, 7) is 8.22. The van der Waals surface area contributed by atoms with Crippen LogP contribution in [0.2, 0.25) is 0 Å². The Bertz CT molecular complexity index is 2710.